The fraction of sp³-hybridized carbons (Fsp3) is 0.353. The van der Waals surface area contributed by atoms with Gasteiger partial charge in [-0.2, -0.15) is 0 Å². The SMILES string of the molecule is CCNCc1cnc(N2Cc3ccccc3C2)c(C)c1. The van der Waals surface area contributed by atoms with E-state index in [-0.39, 0.29) is 0 Å². The van der Waals surface area contributed by atoms with Gasteiger partial charge in [-0.3, -0.25) is 0 Å². The zero-order valence-electron chi connectivity index (χ0n) is 12.2. The summed E-state index contributed by atoms with van der Waals surface area (Å²) in [4.78, 5) is 7.04. The molecule has 0 amide bonds. The molecule has 0 fully saturated rings. The predicted molar refractivity (Wildman–Crippen MR) is 82.7 cm³/mol. The van der Waals surface area contributed by atoms with E-state index in [1.54, 1.807) is 0 Å². The molecule has 1 aliphatic heterocycles. The van der Waals surface area contributed by atoms with E-state index >= 15 is 0 Å². The highest BCUT2D eigenvalue weighted by molar-refractivity contribution is 5.52. The fourth-order valence-electron chi connectivity index (χ4n) is 2.81. The van der Waals surface area contributed by atoms with Crippen LogP contribution < -0.4 is 10.2 Å². The Morgan fingerprint density at radius 1 is 1.20 bits per heavy atom. The Hall–Kier alpha value is -1.87. The Kier molecular flexibility index (Phi) is 3.70. The molecule has 1 aliphatic rings. The van der Waals surface area contributed by atoms with Gasteiger partial charge in [0, 0.05) is 25.8 Å². The van der Waals surface area contributed by atoms with Crippen LogP contribution >= 0.6 is 0 Å². The van der Waals surface area contributed by atoms with Crippen molar-refractivity contribution in [2.45, 2.75) is 33.5 Å². The van der Waals surface area contributed by atoms with Crippen LogP contribution in [0.1, 0.15) is 29.2 Å². The maximum absolute atomic E-state index is 4.68. The van der Waals surface area contributed by atoms with Crippen molar-refractivity contribution in [2.75, 3.05) is 11.4 Å². The Labute approximate surface area is 120 Å². The lowest BCUT2D eigenvalue weighted by Gasteiger charge is -2.19. The maximum Gasteiger partial charge on any atom is 0.132 e. The van der Waals surface area contributed by atoms with Gasteiger partial charge in [0.05, 0.1) is 0 Å². The molecule has 0 atom stereocenters. The first kappa shape index (κ1) is 13.1. The predicted octanol–water partition coefficient (Wildman–Crippen LogP) is 3.02. The highest BCUT2D eigenvalue weighted by atomic mass is 15.2. The monoisotopic (exact) mass is 267 g/mol. The summed E-state index contributed by atoms with van der Waals surface area (Å²) in [5.74, 6) is 1.11. The first-order valence-electron chi connectivity index (χ1n) is 7.26. The van der Waals surface area contributed by atoms with Gasteiger partial charge in [-0.05, 0) is 41.8 Å². The number of aryl methyl sites for hydroxylation is 1. The van der Waals surface area contributed by atoms with Gasteiger partial charge in [-0.25, -0.2) is 4.98 Å². The fourth-order valence-corrected chi connectivity index (χ4v) is 2.81. The summed E-state index contributed by atoms with van der Waals surface area (Å²) in [5, 5.41) is 3.34. The first-order chi connectivity index (χ1) is 9.78. The van der Waals surface area contributed by atoms with Crippen LogP contribution in [0.2, 0.25) is 0 Å². The molecule has 3 nitrogen and oxygen atoms in total. The molecule has 3 rings (SSSR count). The number of hydrogen-bond acceptors (Lipinski definition) is 3. The zero-order valence-corrected chi connectivity index (χ0v) is 12.2. The molecule has 0 unspecified atom stereocenters. The summed E-state index contributed by atoms with van der Waals surface area (Å²) in [5.41, 5.74) is 5.36. The standard InChI is InChI=1S/C17H21N3/c1-3-18-9-14-8-13(2)17(19-10-14)20-11-15-6-4-5-7-16(15)12-20/h4-8,10,18H,3,9,11-12H2,1-2H3. The van der Waals surface area contributed by atoms with Crippen LogP contribution in [-0.2, 0) is 19.6 Å². The van der Waals surface area contributed by atoms with Crippen LogP contribution in [0.5, 0.6) is 0 Å². The number of rotatable bonds is 4. The van der Waals surface area contributed by atoms with Gasteiger partial charge in [-0.1, -0.05) is 31.2 Å². The van der Waals surface area contributed by atoms with E-state index in [1.807, 2.05) is 6.20 Å². The van der Waals surface area contributed by atoms with E-state index in [9.17, 15) is 0 Å². The number of fused-ring (bicyclic) bond motifs is 1. The lowest BCUT2D eigenvalue weighted by Crippen LogP contribution is -2.18. The second-order valence-corrected chi connectivity index (χ2v) is 5.39. The molecule has 2 aromatic rings. The summed E-state index contributed by atoms with van der Waals surface area (Å²) < 4.78 is 0. The lowest BCUT2D eigenvalue weighted by atomic mass is 10.1. The molecule has 2 heterocycles. The topological polar surface area (TPSA) is 28.2 Å². The largest absolute Gasteiger partial charge is 0.348 e. The number of aromatic nitrogens is 1. The molecule has 1 aromatic carbocycles. The minimum atomic E-state index is 0.894. The summed E-state index contributed by atoms with van der Waals surface area (Å²) in [6.45, 7) is 8.09. The maximum atomic E-state index is 4.68. The minimum Gasteiger partial charge on any atom is -0.348 e. The van der Waals surface area contributed by atoms with Gasteiger partial charge in [0.25, 0.3) is 0 Å². The molecule has 20 heavy (non-hydrogen) atoms. The van der Waals surface area contributed by atoms with Gasteiger partial charge in [0.2, 0.25) is 0 Å². The Morgan fingerprint density at radius 2 is 1.90 bits per heavy atom. The quantitative estimate of drug-likeness (QED) is 0.923. The van der Waals surface area contributed by atoms with Crippen molar-refractivity contribution < 1.29 is 0 Å². The molecule has 0 saturated heterocycles. The van der Waals surface area contributed by atoms with Crippen molar-refractivity contribution in [3.05, 3.63) is 58.8 Å². The van der Waals surface area contributed by atoms with Gasteiger partial charge in [-0.15, -0.1) is 0 Å². The average Bonchev–Trinajstić information content (AvgIpc) is 2.88. The lowest BCUT2D eigenvalue weighted by molar-refractivity contribution is 0.722. The molecular formula is C17H21N3. The molecule has 1 aromatic heterocycles. The number of hydrogen-bond donors (Lipinski definition) is 1. The highest BCUT2D eigenvalue weighted by Gasteiger charge is 2.20. The third-order valence-electron chi connectivity index (χ3n) is 3.83. The van der Waals surface area contributed by atoms with E-state index < -0.39 is 0 Å². The molecule has 3 heteroatoms. The van der Waals surface area contributed by atoms with E-state index in [1.165, 1.54) is 22.3 Å². The normalized spacial score (nSPS) is 13.6. The number of pyridine rings is 1. The van der Waals surface area contributed by atoms with E-state index in [0.29, 0.717) is 0 Å². The number of nitrogens with one attached hydrogen (secondary N) is 1. The number of benzene rings is 1. The second-order valence-electron chi connectivity index (χ2n) is 5.39. The smallest absolute Gasteiger partial charge is 0.132 e. The molecule has 0 spiro atoms. The molecule has 0 aliphatic carbocycles. The summed E-state index contributed by atoms with van der Waals surface area (Å²) in [6, 6.07) is 10.9. The molecule has 104 valence electrons. The van der Waals surface area contributed by atoms with Crippen molar-refractivity contribution in [1.82, 2.24) is 10.3 Å². The van der Waals surface area contributed by atoms with E-state index in [2.05, 4.69) is 59.4 Å². The van der Waals surface area contributed by atoms with Gasteiger partial charge < -0.3 is 10.2 Å². The summed E-state index contributed by atoms with van der Waals surface area (Å²) in [6.07, 6.45) is 1.99. The van der Waals surface area contributed by atoms with Gasteiger partial charge in [0.15, 0.2) is 0 Å². The Morgan fingerprint density at radius 3 is 2.50 bits per heavy atom. The minimum absolute atomic E-state index is 0.894. The van der Waals surface area contributed by atoms with Crippen LogP contribution in [-0.4, -0.2) is 11.5 Å². The molecule has 0 radical (unpaired) electrons. The van der Waals surface area contributed by atoms with Crippen LogP contribution in [0, 0.1) is 6.92 Å². The zero-order chi connectivity index (χ0) is 13.9. The van der Waals surface area contributed by atoms with E-state index in [0.717, 1.165) is 32.0 Å². The second kappa shape index (κ2) is 5.63. The van der Waals surface area contributed by atoms with Gasteiger partial charge in [0.1, 0.15) is 5.82 Å². The van der Waals surface area contributed by atoms with E-state index in [4.69, 9.17) is 0 Å². The molecule has 0 bridgehead atoms. The third kappa shape index (κ3) is 2.54. The van der Waals surface area contributed by atoms with Crippen molar-refractivity contribution in [2.24, 2.45) is 0 Å². The van der Waals surface area contributed by atoms with Crippen molar-refractivity contribution in [3.63, 3.8) is 0 Å². The third-order valence-corrected chi connectivity index (χ3v) is 3.83. The first-order valence-corrected chi connectivity index (χ1v) is 7.26. The Bertz CT molecular complexity index is 582. The van der Waals surface area contributed by atoms with Crippen LogP contribution in [0.3, 0.4) is 0 Å². The number of anilines is 1. The van der Waals surface area contributed by atoms with Crippen molar-refractivity contribution in [1.29, 1.82) is 0 Å². The van der Waals surface area contributed by atoms with Crippen LogP contribution in [0.15, 0.2) is 36.5 Å². The average molecular weight is 267 g/mol. The Balaban J connectivity index is 1.79. The van der Waals surface area contributed by atoms with Gasteiger partial charge >= 0.3 is 0 Å². The molecule has 0 saturated carbocycles. The van der Waals surface area contributed by atoms with Crippen LogP contribution in [0.4, 0.5) is 5.82 Å². The highest BCUT2D eigenvalue weighted by Crippen LogP contribution is 2.28. The molecule has 1 N–H and O–H groups in total. The van der Waals surface area contributed by atoms with Crippen molar-refractivity contribution >= 4 is 5.82 Å². The van der Waals surface area contributed by atoms with Crippen LogP contribution in [0.25, 0.3) is 0 Å². The number of nitrogens with zero attached hydrogens (tertiary/aromatic N) is 2. The summed E-state index contributed by atoms with van der Waals surface area (Å²) in [7, 11) is 0. The summed E-state index contributed by atoms with van der Waals surface area (Å²) >= 11 is 0. The van der Waals surface area contributed by atoms with Crippen molar-refractivity contribution in [3.8, 4) is 0 Å². The molecular weight excluding hydrogens is 246 g/mol.